The maximum atomic E-state index is 13.9. The van der Waals surface area contributed by atoms with Crippen LogP contribution in [-0.4, -0.2) is 53.7 Å². The zero-order valence-corrected chi connectivity index (χ0v) is 12.9. The average Bonchev–Trinajstić information content (AvgIpc) is 2.89. The van der Waals surface area contributed by atoms with Gasteiger partial charge in [0.05, 0.1) is 12.3 Å². The van der Waals surface area contributed by atoms with Gasteiger partial charge in [0.1, 0.15) is 11.2 Å². The van der Waals surface area contributed by atoms with Gasteiger partial charge in [-0.05, 0) is 19.4 Å². The van der Waals surface area contributed by atoms with Crippen LogP contribution in [0.5, 0.6) is 0 Å². The van der Waals surface area contributed by atoms with Gasteiger partial charge >= 0.3 is 0 Å². The zero-order chi connectivity index (χ0) is 16.3. The van der Waals surface area contributed by atoms with Crippen LogP contribution < -0.4 is 0 Å². The Kier molecular flexibility index (Phi) is 3.22. The van der Waals surface area contributed by atoms with Crippen LogP contribution in [0.1, 0.15) is 27.2 Å². The van der Waals surface area contributed by atoms with Crippen LogP contribution >= 0.6 is 0 Å². The number of hydrogen-bond acceptors (Lipinski definition) is 3. The second-order valence-corrected chi connectivity index (χ2v) is 7.07. The number of amides is 1. The van der Waals surface area contributed by atoms with Crippen LogP contribution in [0, 0.1) is 10.8 Å². The number of aliphatic imine (C=N–C) groups is 1. The second-order valence-electron chi connectivity index (χ2n) is 7.07. The van der Waals surface area contributed by atoms with Crippen LogP contribution in [0.3, 0.4) is 0 Å². The number of hydrazine groups is 1. The van der Waals surface area contributed by atoms with E-state index in [2.05, 4.69) is 4.99 Å². The summed E-state index contributed by atoms with van der Waals surface area (Å²) in [5.74, 6) is -4.12. The second kappa shape index (κ2) is 4.57. The van der Waals surface area contributed by atoms with Crippen LogP contribution in [-0.2, 0) is 4.79 Å². The summed E-state index contributed by atoms with van der Waals surface area (Å²) >= 11 is 0. The topological polar surface area (TPSA) is 35.9 Å². The molecule has 3 aliphatic heterocycles. The van der Waals surface area contributed by atoms with Gasteiger partial charge in [0.25, 0.3) is 11.8 Å². The number of carbonyl (C=O) groups is 1. The van der Waals surface area contributed by atoms with Gasteiger partial charge in [-0.1, -0.05) is 6.92 Å². The first-order valence-electron chi connectivity index (χ1n) is 7.43. The number of alkyl halides is 2. The number of rotatable bonds is 2. The highest BCUT2D eigenvalue weighted by Crippen LogP contribution is 2.49. The van der Waals surface area contributed by atoms with E-state index < -0.39 is 28.5 Å². The Labute approximate surface area is 127 Å². The molecule has 0 bridgehead atoms. The molecule has 0 saturated carbocycles. The van der Waals surface area contributed by atoms with Gasteiger partial charge in [-0.2, -0.15) is 0 Å². The quantitative estimate of drug-likeness (QED) is 0.784. The van der Waals surface area contributed by atoms with E-state index in [4.69, 9.17) is 0 Å². The van der Waals surface area contributed by atoms with Crippen molar-refractivity contribution in [1.82, 2.24) is 10.0 Å². The minimum atomic E-state index is -3.11. The molecule has 0 aromatic carbocycles. The molecule has 3 heterocycles. The van der Waals surface area contributed by atoms with E-state index in [1.165, 1.54) is 18.0 Å². The first-order valence-corrected chi connectivity index (χ1v) is 7.43. The Hall–Kier alpha value is -1.37. The van der Waals surface area contributed by atoms with Crippen molar-refractivity contribution in [3.05, 3.63) is 11.9 Å². The normalized spacial score (nSPS) is 39.4. The minimum Gasteiger partial charge on any atom is -0.289 e. The molecule has 2 fully saturated rings. The highest BCUT2D eigenvalue weighted by atomic mass is 19.3. The van der Waals surface area contributed by atoms with Crippen molar-refractivity contribution in [3.8, 4) is 0 Å². The summed E-state index contributed by atoms with van der Waals surface area (Å²) in [7, 11) is 0. The lowest BCUT2D eigenvalue weighted by molar-refractivity contribution is -0.158. The molecule has 0 aromatic rings. The van der Waals surface area contributed by atoms with Crippen LogP contribution in [0.25, 0.3) is 0 Å². The van der Waals surface area contributed by atoms with Crippen molar-refractivity contribution >= 4 is 12.1 Å². The first-order chi connectivity index (χ1) is 10.1. The van der Waals surface area contributed by atoms with Gasteiger partial charge in [-0.25, -0.2) is 18.2 Å². The van der Waals surface area contributed by atoms with Crippen LogP contribution in [0.4, 0.5) is 13.2 Å². The molecule has 3 aliphatic rings. The predicted octanol–water partition coefficient (Wildman–Crippen LogP) is 2.42. The number of hydrogen-bond donors (Lipinski definition) is 0. The highest BCUT2D eigenvalue weighted by molar-refractivity contribution is 5.86. The molecule has 22 heavy (non-hydrogen) atoms. The van der Waals surface area contributed by atoms with Crippen molar-refractivity contribution < 1.29 is 18.0 Å². The van der Waals surface area contributed by atoms with Crippen LogP contribution in [0.2, 0.25) is 0 Å². The average molecular weight is 315 g/mol. The Bertz CT molecular complexity index is 571. The lowest BCUT2D eigenvalue weighted by atomic mass is 9.77. The van der Waals surface area contributed by atoms with Crippen LogP contribution in [0.15, 0.2) is 16.9 Å². The molecule has 2 saturated heterocycles. The number of nitrogens with zero attached hydrogens (tertiary/aromatic N) is 3. The molecular formula is C15H20F3N3O. The number of carbonyl (C=O) groups excluding carboxylic acids is 1. The fourth-order valence-electron chi connectivity index (χ4n) is 3.67. The summed E-state index contributed by atoms with van der Waals surface area (Å²) in [5.41, 5.74) is -2.40. The Morgan fingerprint density at radius 1 is 1.41 bits per heavy atom. The molecule has 0 aromatic heterocycles. The Morgan fingerprint density at radius 2 is 2.09 bits per heavy atom. The summed E-state index contributed by atoms with van der Waals surface area (Å²) in [6.07, 6.45) is 3.25. The van der Waals surface area contributed by atoms with E-state index in [1.54, 1.807) is 5.01 Å². The lowest BCUT2D eigenvalue weighted by Gasteiger charge is -2.39. The number of allylic oxidation sites excluding steroid dienone is 1. The third-order valence-corrected chi connectivity index (χ3v) is 5.28. The number of fused-ring (bicyclic) bond motifs is 1. The van der Waals surface area contributed by atoms with E-state index in [-0.39, 0.29) is 12.6 Å². The standard InChI is InChI=1S/C15H20F3N3O/c1-13(6-10(16)7-19-8-13)11-4-5-20-9-14(2,15(3,17)18)12(22)21(11)20/h6-7,11H,4-5,8-9H2,1-3H3/t11-,13?,14-/m0/s1. The van der Waals surface area contributed by atoms with E-state index in [1.807, 2.05) is 6.92 Å². The van der Waals surface area contributed by atoms with Gasteiger partial charge < -0.3 is 0 Å². The van der Waals surface area contributed by atoms with E-state index in [0.717, 1.165) is 13.1 Å². The van der Waals surface area contributed by atoms with Crippen molar-refractivity contribution in [3.63, 3.8) is 0 Å². The molecule has 0 spiro atoms. The van der Waals surface area contributed by atoms with Crippen molar-refractivity contribution in [2.45, 2.75) is 39.2 Å². The van der Waals surface area contributed by atoms with Gasteiger partial charge in [-0.3, -0.25) is 14.8 Å². The van der Waals surface area contributed by atoms with E-state index in [0.29, 0.717) is 19.5 Å². The van der Waals surface area contributed by atoms with Gasteiger partial charge in [0.15, 0.2) is 0 Å². The molecule has 3 rings (SSSR count). The molecule has 0 N–H and O–H groups in total. The first kappa shape index (κ1) is 15.5. The number of dihydropyridines is 1. The third-order valence-electron chi connectivity index (χ3n) is 5.28. The summed E-state index contributed by atoms with van der Waals surface area (Å²) in [4.78, 5) is 16.7. The predicted molar refractivity (Wildman–Crippen MR) is 76.2 cm³/mol. The third kappa shape index (κ3) is 2.01. The van der Waals surface area contributed by atoms with Crippen molar-refractivity contribution in [1.29, 1.82) is 0 Å². The van der Waals surface area contributed by atoms with Gasteiger partial charge in [-0.15, -0.1) is 0 Å². The Balaban J connectivity index is 1.93. The fraction of sp³-hybridized carbons (Fsp3) is 0.733. The zero-order valence-electron chi connectivity index (χ0n) is 12.9. The smallest absolute Gasteiger partial charge is 0.260 e. The molecule has 4 nitrogen and oxygen atoms in total. The van der Waals surface area contributed by atoms with Crippen molar-refractivity contribution in [2.24, 2.45) is 15.8 Å². The summed E-state index contributed by atoms with van der Waals surface area (Å²) in [6.45, 7) is 4.79. The fourth-order valence-corrected chi connectivity index (χ4v) is 3.67. The van der Waals surface area contributed by atoms with Gasteiger partial charge in [0, 0.05) is 32.0 Å². The summed E-state index contributed by atoms with van der Waals surface area (Å²) in [6, 6.07) is -0.340. The summed E-state index contributed by atoms with van der Waals surface area (Å²) < 4.78 is 41.4. The maximum Gasteiger partial charge on any atom is 0.260 e. The molecule has 0 radical (unpaired) electrons. The SMILES string of the molecule is CC1([C@@H]2CCN3C[C@](C)(C(C)(F)F)C(=O)N23)C=C(F)C=NC1. The molecule has 0 aliphatic carbocycles. The van der Waals surface area contributed by atoms with E-state index in [9.17, 15) is 18.0 Å². The van der Waals surface area contributed by atoms with E-state index >= 15 is 0 Å². The minimum absolute atomic E-state index is 0.00260. The highest BCUT2D eigenvalue weighted by Gasteiger charge is 2.64. The molecule has 122 valence electrons. The summed E-state index contributed by atoms with van der Waals surface area (Å²) in [5, 5.41) is 3.11. The largest absolute Gasteiger partial charge is 0.289 e. The number of halogens is 3. The van der Waals surface area contributed by atoms with Gasteiger partial charge in [0.2, 0.25) is 0 Å². The molecule has 1 unspecified atom stereocenters. The molecule has 1 amide bonds. The Morgan fingerprint density at radius 3 is 2.68 bits per heavy atom. The van der Waals surface area contributed by atoms with Crippen molar-refractivity contribution in [2.75, 3.05) is 19.6 Å². The molecule has 7 heteroatoms. The molecule has 3 atom stereocenters. The maximum absolute atomic E-state index is 13.9. The lowest BCUT2D eigenvalue weighted by Crippen LogP contribution is -2.51. The monoisotopic (exact) mass is 315 g/mol. The molecular weight excluding hydrogens is 295 g/mol.